The molecule has 0 saturated carbocycles. The van der Waals surface area contributed by atoms with Gasteiger partial charge in [0.1, 0.15) is 5.58 Å². The first-order valence-electron chi connectivity index (χ1n) is 17.5. The van der Waals surface area contributed by atoms with Gasteiger partial charge in [-0.15, -0.1) is 18.2 Å². The minimum atomic E-state index is -2.36. The second kappa shape index (κ2) is 13.3. The number of hydrogen-bond acceptors (Lipinski definition) is 4. The molecule has 5 nitrogen and oxygen atoms in total. The number of aromatic nitrogens is 4. The zero-order chi connectivity index (χ0) is 36.2. The number of pyridine rings is 2. The van der Waals surface area contributed by atoms with E-state index >= 15 is 0 Å². The van der Waals surface area contributed by atoms with E-state index in [1.165, 1.54) is 11.6 Å². The van der Waals surface area contributed by atoms with E-state index in [2.05, 4.69) is 74.5 Å². The zero-order valence-corrected chi connectivity index (χ0v) is 31.6. The Morgan fingerprint density at radius 1 is 0.978 bits per heavy atom. The number of aryl methyl sites for hydroxylation is 2. The van der Waals surface area contributed by atoms with Crippen molar-refractivity contribution in [2.24, 2.45) is 5.41 Å². The third kappa shape index (κ3) is 7.35. The molecule has 0 spiro atoms. The number of nitrogens with one attached hydrogen (secondary N) is 1. The summed E-state index contributed by atoms with van der Waals surface area (Å²) in [5, 5.41) is 2.19. The number of furan rings is 1. The molecule has 7 aromatic rings. The topological polar surface area (TPSA) is 67.6 Å². The first-order chi connectivity index (χ1) is 23.3. The number of H-pyrrole nitrogens is 1. The van der Waals surface area contributed by atoms with Crippen molar-refractivity contribution < 1.29 is 31.4 Å². The number of benzene rings is 3. The second-order valence-corrected chi connectivity index (χ2v) is 24.0. The summed E-state index contributed by atoms with van der Waals surface area (Å²) in [5.41, 5.74) is 7.14. The molecule has 0 aliphatic carbocycles. The van der Waals surface area contributed by atoms with Crippen LogP contribution >= 0.6 is 0 Å². The van der Waals surface area contributed by atoms with Crippen molar-refractivity contribution in [2.45, 2.75) is 58.2 Å². The van der Waals surface area contributed by atoms with Crippen LogP contribution in [0.15, 0.2) is 83.7 Å². The SMILES string of the molecule is Cc1ccc2c(c1)oc1c(-c3nc4ccncc4[nH]3)[c-]ccc12.[2H]C([2H])([2H])c1c[c-]c(-c2cc(C([2H])([2H])C(C)(C)C)[c]([Ge]([CH3])([CH3])[CH3])cn2)cc1.[Ir]. The molecule has 0 amide bonds. The zero-order valence-electron chi connectivity index (χ0n) is 32.1. The van der Waals surface area contributed by atoms with Crippen molar-refractivity contribution in [3.63, 3.8) is 0 Å². The third-order valence-corrected chi connectivity index (χ3v) is 11.6. The number of imidazole rings is 1. The van der Waals surface area contributed by atoms with E-state index in [1.54, 1.807) is 24.5 Å². The Hall–Kier alpha value is -3.58. The standard InChI is InChI=1S/C20H28GeN.C19H12N3O.Ir/c1-15-8-10-16(11-9-15)19-12-17(13-20(2,3)4)18(14-22-19)21(5,6)7;1-11-5-6-12-13-3-2-4-14(18(13)23-17(12)9-11)19-21-15-7-8-20-10-16(15)22-19;/h8-10,12,14H,13H2,1-7H3;2-3,5-10H,1H3,(H,21,22);/q2*-1;/i1D3,13D2;;. The van der Waals surface area contributed by atoms with Gasteiger partial charge in [0.15, 0.2) is 0 Å². The molecule has 4 heterocycles. The van der Waals surface area contributed by atoms with Crippen LogP contribution in [-0.4, -0.2) is 33.2 Å². The molecule has 7 rings (SSSR count). The Balaban J connectivity index is 0.000000195. The molecule has 0 bridgehead atoms. The Morgan fingerprint density at radius 3 is 2.48 bits per heavy atom. The van der Waals surface area contributed by atoms with Crippen LogP contribution in [0.3, 0.4) is 0 Å². The first kappa shape index (κ1) is 27.5. The Bertz CT molecular complexity index is 2300. The van der Waals surface area contributed by atoms with Crippen molar-refractivity contribution >= 4 is 50.6 Å². The van der Waals surface area contributed by atoms with Crippen LogP contribution in [0.4, 0.5) is 0 Å². The molecule has 0 aliphatic rings. The predicted octanol–water partition coefficient (Wildman–Crippen LogP) is 9.62. The molecule has 237 valence electrons. The van der Waals surface area contributed by atoms with Crippen LogP contribution in [0.25, 0.3) is 55.6 Å². The van der Waals surface area contributed by atoms with Gasteiger partial charge in [0, 0.05) is 31.7 Å². The summed E-state index contributed by atoms with van der Waals surface area (Å²) < 4.78 is 47.2. The van der Waals surface area contributed by atoms with Gasteiger partial charge in [-0.25, -0.2) is 0 Å². The molecule has 0 atom stereocenters. The fraction of sp³-hybridized carbons (Fsp3) is 0.256. The second-order valence-electron chi connectivity index (χ2n) is 13.4. The van der Waals surface area contributed by atoms with E-state index in [9.17, 15) is 0 Å². The Kier molecular flexibility index (Phi) is 7.94. The van der Waals surface area contributed by atoms with Crippen LogP contribution < -0.4 is 4.40 Å². The summed E-state index contributed by atoms with van der Waals surface area (Å²) in [6, 6.07) is 24.9. The number of nitrogens with zero attached hydrogens (tertiary/aromatic N) is 3. The minimum Gasteiger partial charge on any atom is 0 e. The molecule has 46 heavy (non-hydrogen) atoms. The molecule has 7 heteroatoms. The maximum absolute atomic E-state index is 8.80. The van der Waals surface area contributed by atoms with Crippen LogP contribution in [0, 0.1) is 31.3 Å². The summed E-state index contributed by atoms with van der Waals surface area (Å²) in [6.07, 6.45) is 3.81. The quantitative estimate of drug-likeness (QED) is 0.142. The number of fused-ring (bicyclic) bond motifs is 4. The summed E-state index contributed by atoms with van der Waals surface area (Å²) in [5.74, 6) is 7.44. The largest absolute Gasteiger partial charge is 0 e. The van der Waals surface area contributed by atoms with Gasteiger partial charge in [0.05, 0.1) is 28.6 Å². The van der Waals surface area contributed by atoms with E-state index in [4.69, 9.17) is 11.3 Å². The maximum atomic E-state index is 8.80. The first-order valence-corrected chi connectivity index (χ1v) is 22.4. The number of hydrogen-bond donors (Lipinski definition) is 1. The monoisotopic (exact) mass is 852 g/mol. The average Bonchev–Trinajstić information content (AvgIpc) is 3.64. The van der Waals surface area contributed by atoms with E-state index in [0.717, 1.165) is 48.8 Å². The number of rotatable bonds is 4. The molecular weight excluding hydrogens is 805 g/mol. The molecule has 0 fully saturated rings. The Labute approximate surface area is 295 Å². The minimum absolute atomic E-state index is 0. The van der Waals surface area contributed by atoms with Gasteiger partial charge in [-0.2, -0.15) is 0 Å². The molecular formula is C39H40GeIrN4O-2. The van der Waals surface area contributed by atoms with Crippen molar-refractivity contribution in [3.8, 4) is 22.6 Å². The van der Waals surface area contributed by atoms with Crippen molar-refractivity contribution in [1.82, 2.24) is 19.9 Å². The van der Waals surface area contributed by atoms with E-state index in [-0.39, 0.29) is 25.7 Å². The fourth-order valence-corrected chi connectivity index (χ4v) is 8.22. The fourth-order valence-electron chi connectivity index (χ4n) is 5.29. The molecule has 1 radical (unpaired) electrons. The van der Waals surface area contributed by atoms with Gasteiger partial charge in [-0.1, -0.05) is 23.1 Å². The van der Waals surface area contributed by atoms with Crippen molar-refractivity contribution in [1.29, 1.82) is 0 Å². The molecule has 0 saturated heterocycles. The molecule has 0 unspecified atom stereocenters. The average molecular weight is 851 g/mol. The van der Waals surface area contributed by atoms with E-state index in [1.807, 2.05) is 51.2 Å². The molecule has 1 N–H and O–H groups in total. The molecule has 4 aromatic heterocycles. The van der Waals surface area contributed by atoms with Gasteiger partial charge in [-0.05, 0) is 24.6 Å². The maximum Gasteiger partial charge on any atom is 0 e. The van der Waals surface area contributed by atoms with Crippen molar-refractivity contribution in [3.05, 3.63) is 108 Å². The normalized spacial score (nSPS) is 14.0. The van der Waals surface area contributed by atoms with Gasteiger partial charge in [-0.3, -0.25) is 9.97 Å². The van der Waals surface area contributed by atoms with Gasteiger partial charge >= 0.3 is 145 Å². The van der Waals surface area contributed by atoms with Crippen molar-refractivity contribution in [2.75, 3.05) is 0 Å². The summed E-state index contributed by atoms with van der Waals surface area (Å²) >= 11 is -2.36. The number of aromatic amines is 1. The smallest absolute Gasteiger partial charge is 0 e. The summed E-state index contributed by atoms with van der Waals surface area (Å²) in [6.45, 7) is 5.62. The molecule has 3 aromatic carbocycles. The van der Waals surface area contributed by atoms with E-state index < -0.39 is 31.9 Å². The van der Waals surface area contributed by atoms with Gasteiger partial charge in [0.25, 0.3) is 0 Å². The van der Waals surface area contributed by atoms with Crippen LogP contribution in [0.5, 0.6) is 0 Å². The van der Waals surface area contributed by atoms with Crippen LogP contribution in [0.2, 0.25) is 17.3 Å². The predicted molar refractivity (Wildman–Crippen MR) is 190 cm³/mol. The van der Waals surface area contributed by atoms with Crippen LogP contribution in [0.1, 0.15) is 44.3 Å². The Morgan fingerprint density at radius 2 is 1.78 bits per heavy atom. The third-order valence-electron chi connectivity index (χ3n) is 7.42. The van der Waals surface area contributed by atoms with Crippen LogP contribution in [-0.2, 0) is 26.5 Å². The van der Waals surface area contributed by atoms with Gasteiger partial charge in [0.2, 0.25) is 0 Å². The summed E-state index contributed by atoms with van der Waals surface area (Å²) in [4.78, 5) is 16.6. The van der Waals surface area contributed by atoms with Gasteiger partial charge < -0.3 is 9.40 Å². The summed E-state index contributed by atoms with van der Waals surface area (Å²) in [7, 11) is 0. The molecule has 0 aliphatic heterocycles. The van der Waals surface area contributed by atoms with E-state index in [0.29, 0.717) is 16.8 Å².